The molecular formula is C33H48N8O7S. The Labute approximate surface area is 287 Å². The second kappa shape index (κ2) is 14.0. The highest BCUT2D eigenvalue weighted by Crippen LogP contribution is 2.48. The lowest BCUT2D eigenvalue weighted by molar-refractivity contribution is -0.137. The summed E-state index contributed by atoms with van der Waals surface area (Å²) in [5.74, 6) is -3.80. The van der Waals surface area contributed by atoms with Crippen LogP contribution in [0.2, 0.25) is 0 Å². The first kappa shape index (κ1) is 37.6. The van der Waals surface area contributed by atoms with E-state index in [1.807, 2.05) is 30.3 Å². The van der Waals surface area contributed by atoms with E-state index in [0.717, 1.165) is 9.87 Å². The molecule has 2 aliphatic rings. The molecule has 2 fully saturated rings. The summed E-state index contributed by atoms with van der Waals surface area (Å²) in [6.45, 7) is 14.3. The number of amides is 3. The van der Waals surface area contributed by atoms with Crippen LogP contribution in [-0.4, -0.2) is 87.9 Å². The number of rotatable bonds is 12. The molecule has 268 valence electrons. The number of aromatic nitrogens is 4. The molecule has 4 rings (SSSR count). The summed E-state index contributed by atoms with van der Waals surface area (Å²) in [6.07, 6.45) is 1.63. The minimum atomic E-state index is -4.15. The Hall–Kier alpha value is -4.18. The molecule has 3 N–H and O–H groups in total. The summed E-state index contributed by atoms with van der Waals surface area (Å²) in [5.41, 5.74) is -2.37. The fraction of sp³-hybridized carbons (Fsp3) is 0.606. The van der Waals surface area contributed by atoms with Crippen LogP contribution < -0.4 is 15.4 Å². The molecule has 0 aliphatic heterocycles. The third kappa shape index (κ3) is 8.71. The number of ether oxygens (including phenoxy) is 1. The summed E-state index contributed by atoms with van der Waals surface area (Å²) >= 11 is 0. The lowest BCUT2D eigenvalue weighted by Gasteiger charge is -2.34. The van der Waals surface area contributed by atoms with Crippen molar-refractivity contribution in [1.29, 1.82) is 0 Å². The van der Waals surface area contributed by atoms with Crippen molar-refractivity contribution in [2.75, 3.05) is 14.1 Å². The molecule has 6 atom stereocenters. The van der Waals surface area contributed by atoms with Crippen LogP contribution in [0.1, 0.15) is 73.3 Å². The molecule has 0 saturated heterocycles. The highest BCUT2D eigenvalue weighted by Gasteiger charge is 2.62. The number of nitrogens with zero attached hydrogens (tertiary/aromatic N) is 5. The molecule has 0 bridgehead atoms. The number of Topliss-reactive ketones (excluding diaryl/α,β-unsaturated/α-hetero) is 1. The van der Waals surface area contributed by atoms with Crippen molar-refractivity contribution in [3.63, 3.8) is 0 Å². The van der Waals surface area contributed by atoms with Crippen molar-refractivity contribution < 1.29 is 32.3 Å². The summed E-state index contributed by atoms with van der Waals surface area (Å²) in [6, 6.07) is 7.66. The van der Waals surface area contributed by atoms with Crippen LogP contribution in [0.5, 0.6) is 0 Å². The van der Waals surface area contributed by atoms with E-state index in [1.54, 1.807) is 47.6 Å². The largest absolute Gasteiger partial charge is 0.444 e. The molecular weight excluding hydrogens is 652 g/mol. The number of carbonyl (C=O) groups is 4. The normalized spacial score (nSPS) is 24.5. The maximum atomic E-state index is 14.5. The van der Waals surface area contributed by atoms with Gasteiger partial charge in [0.1, 0.15) is 11.1 Å². The van der Waals surface area contributed by atoms with Gasteiger partial charge in [-0.15, -0.1) is 16.8 Å². The van der Waals surface area contributed by atoms with Crippen molar-refractivity contribution in [3.05, 3.63) is 43.0 Å². The second-order valence-electron chi connectivity index (χ2n) is 15.1. The van der Waals surface area contributed by atoms with Crippen molar-refractivity contribution in [3.8, 4) is 11.4 Å². The molecule has 3 amide bonds. The zero-order valence-corrected chi connectivity index (χ0v) is 30.2. The van der Waals surface area contributed by atoms with E-state index in [4.69, 9.17) is 4.74 Å². The van der Waals surface area contributed by atoms with Gasteiger partial charge in [0.25, 0.3) is 5.91 Å². The number of hydrogen-bond donors (Lipinski definition) is 3. The predicted octanol–water partition coefficient (Wildman–Crippen LogP) is 2.79. The first-order chi connectivity index (χ1) is 22.7. The second-order valence-corrected chi connectivity index (χ2v) is 17.0. The van der Waals surface area contributed by atoms with E-state index >= 15 is 0 Å². The van der Waals surface area contributed by atoms with Crippen LogP contribution in [-0.2, 0) is 29.3 Å². The molecule has 2 saturated carbocycles. The van der Waals surface area contributed by atoms with E-state index in [1.165, 1.54) is 18.9 Å². The Balaban J connectivity index is 1.68. The van der Waals surface area contributed by atoms with Gasteiger partial charge >= 0.3 is 16.3 Å². The van der Waals surface area contributed by atoms with Gasteiger partial charge < -0.3 is 15.4 Å². The van der Waals surface area contributed by atoms with Crippen molar-refractivity contribution in [1.82, 2.24) is 39.9 Å². The third-order valence-electron chi connectivity index (χ3n) is 8.85. The molecule has 0 spiro atoms. The van der Waals surface area contributed by atoms with E-state index in [-0.39, 0.29) is 19.3 Å². The maximum absolute atomic E-state index is 14.5. The number of allylic oxidation sites excluding steroid dienone is 1. The topological polar surface area (TPSA) is 195 Å². The average molecular weight is 701 g/mol. The molecule has 1 heterocycles. The minimum absolute atomic E-state index is 0.121. The van der Waals surface area contributed by atoms with Gasteiger partial charge in [-0.1, -0.05) is 57.2 Å². The SMILES string of the molecule is C=CC[C@@H]1C[C@@]1(NC(=O)[C@@H]1C[C@@H](n2nnc(-c3ccccc3)n2)CC1C(=O)C(NC(=O)OC(C)(C)C)C(C)(C)C)C(=O)NS(=O)(=O)N(C)C. The number of carbonyl (C=O) groups excluding carboxylic acids is 4. The number of ketones is 1. The Morgan fingerprint density at radius 1 is 1.08 bits per heavy atom. The zero-order chi connectivity index (χ0) is 36.5. The fourth-order valence-electron chi connectivity index (χ4n) is 6.16. The van der Waals surface area contributed by atoms with Gasteiger partial charge in [0.2, 0.25) is 11.7 Å². The number of nitrogens with one attached hydrogen (secondary N) is 3. The van der Waals surface area contributed by atoms with Gasteiger partial charge in [0.05, 0.1) is 12.1 Å². The monoisotopic (exact) mass is 700 g/mol. The van der Waals surface area contributed by atoms with Gasteiger partial charge in [-0.25, -0.2) is 9.52 Å². The van der Waals surface area contributed by atoms with Gasteiger partial charge in [0, 0.05) is 31.5 Å². The Morgan fingerprint density at radius 2 is 1.71 bits per heavy atom. The number of hydrogen-bond acceptors (Lipinski definition) is 10. The van der Waals surface area contributed by atoms with E-state index < -0.39 is 80.3 Å². The molecule has 49 heavy (non-hydrogen) atoms. The van der Waals surface area contributed by atoms with Crippen LogP contribution in [0.25, 0.3) is 11.4 Å². The van der Waals surface area contributed by atoms with E-state index in [9.17, 15) is 27.6 Å². The first-order valence-electron chi connectivity index (χ1n) is 16.2. The lowest BCUT2D eigenvalue weighted by atomic mass is 9.77. The van der Waals surface area contributed by atoms with Crippen LogP contribution in [0.3, 0.4) is 0 Å². The average Bonchev–Trinajstić information content (AvgIpc) is 3.32. The molecule has 1 aromatic heterocycles. The minimum Gasteiger partial charge on any atom is -0.444 e. The van der Waals surface area contributed by atoms with Gasteiger partial charge in [-0.3, -0.25) is 14.4 Å². The van der Waals surface area contributed by atoms with Crippen molar-refractivity contribution >= 4 is 33.9 Å². The van der Waals surface area contributed by atoms with E-state index in [2.05, 4.69) is 37.3 Å². The number of alkyl carbamates (subject to hydrolysis) is 1. The highest BCUT2D eigenvalue weighted by atomic mass is 32.2. The molecule has 2 unspecified atom stereocenters. The number of tetrazole rings is 1. The molecule has 1 aromatic carbocycles. The Kier molecular flexibility index (Phi) is 10.7. The fourth-order valence-corrected chi connectivity index (χ4v) is 6.75. The van der Waals surface area contributed by atoms with Crippen LogP contribution in [0, 0.1) is 23.2 Å². The van der Waals surface area contributed by atoms with E-state index in [0.29, 0.717) is 12.2 Å². The Bertz CT molecular complexity index is 1680. The third-order valence-corrected chi connectivity index (χ3v) is 10.3. The lowest BCUT2D eigenvalue weighted by Crippen LogP contribution is -2.56. The van der Waals surface area contributed by atoms with Crippen LogP contribution in [0.4, 0.5) is 4.79 Å². The first-order valence-corrected chi connectivity index (χ1v) is 17.7. The van der Waals surface area contributed by atoms with Gasteiger partial charge in [-0.05, 0) is 63.0 Å². The molecule has 16 heteroatoms. The smallest absolute Gasteiger partial charge is 0.408 e. The standard InChI is InChI=1S/C33H48N8O7S/c1-10-14-21-19-33(21,29(44)38-49(46,47)40(8)9)35-28(43)24-18-22(41-37-27(36-39-41)20-15-12-11-13-16-20)17-23(24)25(42)26(31(2,3)4)34-30(45)48-32(5,6)7/h10-13,15-16,21-24,26H,1,14,17-19H2,2-9H3,(H,34,45)(H,35,43)(H,38,44)/t21-,22+,23?,24-,26?,33+/m1/s1. The number of benzene rings is 1. The Morgan fingerprint density at radius 3 is 2.29 bits per heavy atom. The molecule has 15 nitrogen and oxygen atoms in total. The summed E-state index contributed by atoms with van der Waals surface area (Å²) < 4.78 is 33.5. The zero-order valence-electron chi connectivity index (χ0n) is 29.4. The summed E-state index contributed by atoms with van der Waals surface area (Å²) in [5, 5.41) is 18.6. The molecule has 2 aliphatic carbocycles. The van der Waals surface area contributed by atoms with Gasteiger partial charge in [-0.2, -0.15) is 17.5 Å². The predicted molar refractivity (Wildman–Crippen MR) is 181 cm³/mol. The summed E-state index contributed by atoms with van der Waals surface area (Å²) in [4.78, 5) is 56.5. The van der Waals surface area contributed by atoms with Gasteiger partial charge in [0.15, 0.2) is 5.78 Å². The van der Waals surface area contributed by atoms with Crippen LogP contribution in [0.15, 0.2) is 43.0 Å². The summed E-state index contributed by atoms with van der Waals surface area (Å²) in [7, 11) is -1.59. The molecule has 0 radical (unpaired) electrons. The van der Waals surface area contributed by atoms with Crippen LogP contribution >= 0.6 is 0 Å². The molecule has 2 aromatic rings. The quantitative estimate of drug-likeness (QED) is 0.277. The highest BCUT2D eigenvalue weighted by molar-refractivity contribution is 7.87. The maximum Gasteiger partial charge on any atom is 0.408 e. The van der Waals surface area contributed by atoms with Crippen molar-refractivity contribution in [2.45, 2.75) is 90.4 Å². The van der Waals surface area contributed by atoms with Crippen molar-refractivity contribution in [2.24, 2.45) is 23.2 Å².